The van der Waals surface area contributed by atoms with Crippen LogP contribution in [-0.2, 0) is 10.0 Å². The zero-order valence-corrected chi connectivity index (χ0v) is 12.8. The summed E-state index contributed by atoms with van der Waals surface area (Å²) in [7, 11) is -3.28. The second-order valence-corrected chi connectivity index (χ2v) is 7.42. The minimum absolute atomic E-state index is 0.0518. The molecule has 0 saturated carbocycles. The third-order valence-electron chi connectivity index (χ3n) is 2.31. The molecule has 2 N–H and O–H groups in total. The van der Waals surface area contributed by atoms with Crippen LogP contribution in [-0.4, -0.2) is 24.7 Å². The van der Waals surface area contributed by atoms with Gasteiger partial charge < -0.3 is 5.32 Å². The molecule has 0 spiro atoms. The minimum atomic E-state index is -3.28. The maximum atomic E-state index is 11.7. The highest BCUT2D eigenvalue weighted by molar-refractivity contribution is 7.92. The molecule has 0 bridgehead atoms. The van der Waals surface area contributed by atoms with E-state index in [4.69, 9.17) is 0 Å². The Labute approximate surface area is 115 Å². The van der Waals surface area contributed by atoms with Gasteiger partial charge in [0.25, 0.3) is 0 Å². The number of hydrogen-bond donors (Lipinski definition) is 2. The summed E-state index contributed by atoms with van der Waals surface area (Å²) >= 11 is 0. The highest BCUT2D eigenvalue weighted by atomic mass is 32.2. The fourth-order valence-corrected chi connectivity index (χ4v) is 2.72. The lowest BCUT2D eigenvalue weighted by atomic mass is 10.1. The van der Waals surface area contributed by atoms with Gasteiger partial charge in [0, 0.05) is 5.54 Å². The lowest BCUT2D eigenvalue weighted by molar-refractivity contribution is 0.597. The zero-order chi connectivity index (χ0) is 14.5. The van der Waals surface area contributed by atoms with Crippen molar-refractivity contribution in [3.8, 4) is 0 Å². The Kier molecular flexibility index (Phi) is 5.17. The average Bonchev–Trinajstić information content (AvgIpc) is 2.27. The van der Waals surface area contributed by atoms with Gasteiger partial charge in [0.05, 0.1) is 17.6 Å². The molecule has 0 amide bonds. The molecule has 19 heavy (non-hydrogen) atoms. The number of unbranched alkanes of at least 4 members (excludes halogenated alkanes) is 1. The van der Waals surface area contributed by atoms with Crippen LogP contribution in [0.4, 0.5) is 11.5 Å². The van der Waals surface area contributed by atoms with Gasteiger partial charge in [-0.1, -0.05) is 13.3 Å². The third kappa shape index (κ3) is 6.42. The molecule has 108 valence electrons. The van der Waals surface area contributed by atoms with Crippen LogP contribution in [0.3, 0.4) is 0 Å². The van der Waals surface area contributed by atoms with Gasteiger partial charge in [-0.15, -0.1) is 0 Å². The Morgan fingerprint density at radius 1 is 1.26 bits per heavy atom. The first-order valence-corrected chi connectivity index (χ1v) is 8.12. The van der Waals surface area contributed by atoms with Crippen LogP contribution in [0.1, 0.15) is 40.5 Å². The maximum absolute atomic E-state index is 11.7. The molecule has 1 aromatic heterocycles. The number of sulfonamides is 1. The molecule has 5 nitrogen and oxygen atoms in total. The van der Waals surface area contributed by atoms with Gasteiger partial charge >= 0.3 is 0 Å². The van der Waals surface area contributed by atoms with Crippen molar-refractivity contribution < 1.29 is 8.42 Å². The first-order valence-electron chi connectivity index (χ1n) is 6.46. The summed E-state index contributed by atoms with van der Waals surface area (Å²) in [5.41, 5.74) is 0.813. The van der Waals surface area contributed by atoms with Crippen molar-refractivity contribution in [1.82, 2.24) is 4.98 Å². The fourth-order valence-electron chi connectivity index (χ4n) is 1.51. The van der Waals surface area contributed by atoms with Crippen LogP contribution in [0.15, 0.2) is 18.3 Å². The third-order valence-corrected chi connectivity index (χ3v) is 3.66. The molecule has 1 rings (SSSR count). The average molecular weight is 285 g/mol. The summed E-state index contributed by atoms with van der Waals surface area (Å²) in [6, 6.07) is 3.48. The van der Waals surface area contributed by atoms with Crippen LogP contribution in [0.2, 0.25) is 0 Å². The van der Waals surface area contributed by atoms with Gasteiger partial charge in [0.1, 0.15) is 5.82 Å². The first-order chi connectivity index (χ1) is 8.72. The molecular formula is C13H23N3O2S. The van der Waals surface area contributed by atoms with Gasteiger partial charge in [-0.3, -0.25) is 4.72 Å². The number of pyridine rings is 1. The summed E-state index contributed by atoms with van der Waals surface area (Å²) in [5, 5.41) is 3.27. The Balaban J connectivity index is 2.67. The smallest absolute Gasteiger partial charge is 0.233 e. The van der Waals surface area contributed by atoms with E-state index >= 15 is 0 Å². The Morgan fingerprint density at radius 2 is 1.95 bits per heavy atom. The van der Waals surface area contributed by atoms with Crippen LogP contribution >= 0.6 is 0 Å². The van der Waals surface area contributed by atoms with Crippen LogP contribution < -0.4 is 10.0 Å². The largest absolute Gasteiger partial charge is 0.379 e. The summed E-state index contributed by atoms with van der Waals surface area (Å²) in [4.78, 5) is 4.10. The number of rotatable bonds is 6. The van der Waals surface area contributed by atoms with Crippen molar-refractivity contribution in [2.24, 2.45) is 0 Å². The highest BCUT2D eigenvalue weighted by Gasteiger charge is 2.12. The highest BCUT2D eigenvalue weighted by Crippen LogP contribution is 2.16. The van der Waals surface area contributed by atoms with Gasteiger partial charge in [0.2, 0.25) is 10.0 Å². The van der Waals surface area contributed by atoms with Gasteiger partial charge in [-0.2, -0.15) is 0 Å². The summed E-state index contributed by atoms with van der Waals surface area (Å²) in [5.74, 6) is 0.489. The molecule has 0 aliphatic heterocycles. The molecule has 1 aromatic rings. The Morgan fingerprint density at radius 3 is 2.42 bits per heavy atom. The normalized spacial score (nSPS) is 12.2. The van der Waals surface area contributed by atoms with Crippen LogP contribution in [0.25, 0.3) is 0 Å². The number of aromatic nitrogens is 1. The number of anilines is 2. The number of nitrogens with one attached hydrogen (secondary N) is 2. The standard InChI is InChI=1S/C13H23N3O2S/c1-5-6-9-19(17,18)16-12-8-7-11(10-14-12)15-13(2,3)4/h7-8,10,15H,5-6,9H2,1-4H3,(H,14,16). The Hall–Kier alpha value is -1.30. The van der Waals surface area contributed by atoms with E-state index in [0.29, 0.717) is 12.2 Å². The molecule has 0 unspecified atom stereocenters. The van der Waals surface area contributed by atoms with E-state index in [9.17, 15) is 8.42 Å². The molecule has 0 aromatic carbocycles. The molecule has 0 aliphatic rings. The monoisotopic (exact) mass is 285 g/mol. The van der Waals surface area contributed by atoms with E-state index in [1.807, 2.05) is 33.8 Å². The second kappa shape index (κ2) is 6.23. The SMILES string of the molecule is CCCCS(=O)(=O)Nc1ccc(NC(C)(C)C)cn1. The predicted molar refractivity (Wildman–Crippen MR) is 79.9 cm³/mol. The number of hydrogen-bond acceptors (Lipinski definition) is 4. The lowest BCUT2D eigenvalue weighted by Gasteiger charge is -2.21. The molecule has 0 fully saturated rings. The summed E-state index contributed by atoms with van der Waals surface area (Å²) < 4.78 is 25.9. The molecule has 0 saturated heterocycles. The van der Waals surface area contributed by atoms with Crippen LogP contribution in [0, 0.1) is 0 Å². The predicted octanol–water partition coefficient (Wildman–Crippen LogP) is 2.83. The van der Waals surface area contributed by atoms with Crippen molar-refractivity contribution in [3.05, 3.63) is 18.3 Å². The van der Waals surface area contributed by atoms with Crippen molar-refractivity contribution >= 4 is 21.5 Å². The van der Waals surface area contributed by atoms with Gasteiger partial charge in [0.15, 0.2) is 0 Å². The minimum Gasteiger partial charge on any atom is -0.379 e. The molecule has 0 atom stereocenters. The molecule has 1 heterocycles. The van der Waals surface area contributed by atoms with Crippen molar-refractivity contribution in [2.45, 2.75) is 46.1 Å². The molecule has 0 radical (unpaired) electrons. The first kappa shape index (κ1) is 15.8. The van der Waals surface area contributed by atoms with E-state index in [2.05, 4.69) is 15.0 Å². The van der Waals surface area contributed by atoms with E-state index in [1.165, 1.54) is 0 Å². The summed E-state index contributed by atoms with van der Waals surface area (Å²) in [6.45, 7) is 8.11. The summed E-state index contributed by atoms with van der Waals surface area (Å²) in [6.07, 6.45) is 3.13. The molecule has 6 heteroatoms. The zero-order valence-electron chi connectivity index (χ0n) is 12.0. The van der Waals surface area contributed by atoms with Crippen LogP contribution in [0.5, 0.6) is 0 Å². The molecule has 0 aliphatic carbocycles. The van der Waals surface area contributed by atoms with E-state index in [-0.39, 0.29) is 11.3 Å². The lowest BCUT2D eigenvalue weighted by Crippen LogP contribution is -2.26. The molecular weight excluding hydrogens is 262 g/mol. The van der Waals surface area contributed by atoms with E-state index < -0.39 is 10.0 Å². The Bertz CT molecular complexity index is 490. The quantitative estimate of drug-likeness (QED) is 0.843. The maximum Gasteiger partial charge on any atom is 0.233 e. The fraction of sp³-hybridized carbons (Fsp3) is 0.615. The number of nitrogens with zero attached hydrogens (tertiary/aromatic N) is 1. The van der Waals surface area contributed by atoms with Crippen molar-refractivity contribution in [1.29, 1.82) is 0 Å². The topological polar surface area (TPSA) is 71.1 Å². The van der Waals surface area contributed by atoms with Gasteiger partial charge in [-0.25, -0.2) is 13.4 Å². The van der Waals surface area contributed by atoms with Crippen molar-refractivity contribution in [3.63, 3.8) is 0 Å². The van der Waals surface area contributed by atoms with Gasteiger partial charge in [-0.05, 0) is 39.3 Å². The van der Waals surface area contributed by atoms with Crippen molar-refractivity contribution in [2.75, 3.05) is 15.8 Å². The second-order valence-electron chi connectivity index (χ2n) is 5.58. The van der Waals surface area contributed by atoms with E-state index in [0.717, 1.165) is 12.1 Å². The van der Waals surface area contributed by atoms with E-state index in [1.54, 1.807) is 12.3 Å².